The molecule has 4 heteroatoms. The van der Waals surface area contributed by atoms with Gasteiger partial charge in [0.15, 0.2) is 0 Å². The fraction of sp³-hybridized carbons (Fsp3) is 0.263. The van der Waals surface area contributed by atoms with E-state index in [-0.39, 0.29) is 5.56 Å². The Kier molecular flexibility index (Phi) is 3.37. The summed E-state index contributed by atoms with van der Waals surface area (Å²) in [5.41, 5.74) is 3.31. The van der Waals surface area contributed by atoms with Crippen LogP contribution in [-0.4, -0.2) is 16.0 Å². The van der Waals surface area contributed by atoms with Crippen LogP contribution in [0.5, 0.6) is 0 Å². The minimum atomic E-state index is -0.0662. The van der Waals surface area contributed by atoms with Gasteiger partial charge in [-0.05, 0) is 43.5 Å². The smallest absolute Gasteiger partial charge is 0.258 e. The summed E-state index contributed by atoms with van der Waals surface area (Å²) in [6.07, 6.45) is 2.23. The summed E-state index contributed by atoms with van der Waals surface area (Å²) >= 11 is 0. The average Bonchev–Trinajstić information content (AvgIpc) is 2.58. The first kappa shape index (κ1) is 14.0. The normalized spacial score (nSPS) is 17.3. The minimum absolute atomic E-state index is 0.0662. The van der Waals surface area contributed by atoms with Crippen molar-refractivity contribution in [3.63, 3.8) is 0 Å². The number of fused-ring (bicyclic) bond motifs is 2. The van der Waals surface area contributed by atoms with E-state index in [1.54, 1.807) is 0 Å². The van der Waals surface area contributed by atoms with Gasteiger partial charge in [-0.2, -0.15) is 0 Å². The molecular formula is C19H19N3O. The largest absolute Gasteiger partial charge is 0.361 e. The number of aromatic nitrogens is 2. The van der Waals surface area contributed by atoms with Gasteiger partial charge in [0, 0.05) is 11.7 Å². The second-order valence-electron chi connectivity index (χ2n) is 6.17. The van der Waals surface area contributed by atoms with E-state index in [0.29, 0.717) is 18.0 Å². The zero-order chi connectivity index (χ0) is 15.8. The highest BCUT2D eigenvalue weighted by atomic mass is 16.1. The van der Waals surface area contributed by atoms with E-state index in [4.69, 9.17) is 0 Å². The Labute approximate surface area is 134 Å². The van der Waals surface area contributed by atoms with Crippen LogP contribution in [-0.2, 0) is 13.0 Å². The molecule has 23 heavy (non-hydrogen) atoms. The third-order valence-electron chi connectivity index (χ3n) is 4.65. The highest BCUT2D eigenvalue weighted by molar-refractivity contribution is 5.77. The van der Waals surface area contributed by atoms with Crippen LogP contribution in [0.1, 0.15) is 24.7 Å². The molecule has 1 N–H and O–H groups in total. The Morgan fingerprint density at radius 1 is 1.17 bits per heavy atom. The van der Waals surface area contributed by atoms with E-state index >= 15 is 0 Å². The predicted octanol–water partition coefficient (Wildman–Crippen LogP) is 3.26. The number of hydrogen-bond acceptors (Lipinski definition) is 3. The predicted molar refractivity (Wildman–Crippen MR) is 92.8 cm³/mol. The Morgan fingerprint density at radius 2 is 1.96 bits per heavy atom. The van der Waals surface area contributed by atoms with Gasteiger partial charge < -0.3 is 9.88 Å². The van der Waals surface area contributed by atoms with E-state index < -0.39 is 0 Å². The van der Waals surface area contributed by atoms with Gasteiger partial charge in [-0.25, -0.2) is 4.98 Å². The summed E-state index contributed by atoms with van der Waals surface area (Å²) in [6.45, 7) is 2.85. The fourth-order valence-corrected chi connectivity index (χ4v) is 3.37. The van der Waals surface area contributed by atoms with Crippen molar-refractivity contribution in [3.05, 3.63) is 70.3 Å². The quantitative estimate of drug-likeness (QED) is 0.790. The lowest BCUT2D eigenvalue weighted by Crippen LogP contribution is -2.37. The number of aromatic amines is 1. The zero-order valence-electron chi connectivity index (χ0n) is 13.1. The van der Waals surface area contributed by atoms with Crippen molar-refractivity contribution >= 4 is 16.6 Å². The molecule has 0 radical (unpaired) electrons. The lowest BCUT2D eigenvalue weighted by molar-refractivity contribution is 0.552. The number of rotatable bonds is 2. The van der Waals surface area contributed by atoms with Crippen LogP contribution in [0, 0.1) is 0 Å². The van der Waals surface area contributed by atoms with Crippen LogP contribution in [0.2, 0.25) is 0 Å². The highest BCUT2D eigenvalue weighted by Gasteiger charge is 2.23. The van der Waals surface area contributed by atoms with Gasteiger partial charge in [0.1, 0.15) is 5.82 Å². The SMILES string of the molecule is C[C@H]1CCc2ccccc2N1Cc1nc2ccccc2c(=O)[nH]1. The first-order valence-electron chi connectivity index (χ1n) is 8.05. The number of aryl methyl sites for hydroxylation is 1. The molecule has 3 aromatic rings. The van der Waals surface area contributed by atoms with E-state index in [0.717, 1.165) is 24.2 Å². The van der Waals surface area contributed by atoms with Gasteiger partial charge in [0.05, 0.1) is 17.4 Å². The molecule has 4 nitrogen and oxygen atoms in total. The van der Waals surface area contributed by atoms with Crippen molar-refractivity contribution in [2.45, 2.75) is 32.4 Å². The van der Waals surface area contributed by atoms with Gasteiger partial charge in [0.25, 0.3) is 5.56 Å². The molecule has 0 saturated heterocycles. The monoisotopic (exact) mass is 305 g/mol. The van der Waals surface area contributed by atoms with Crippen molar-refractivity contribution < 1.29 is 0 Å². The molecule has 0 saturated carbocycles. The molecule has 0 unspecified atom stereocenters. The number of nitrogens with zero attached hydrogens (tertiary/aromatic N) is 2. The highest BCUT2D eigenvalue weighted by Crippen LogP contribution is 2.31. The molecule has 4 rings (SSSR count). The van der Waals surface area contributed by atoms with E-state index in [9.17, 15) is 4.79 Å². The topological polar surface area (TPSA) is 49.0 Å². The average molecular weight is 305 g/mol. The number of anilines is 1. The molecule has 0 spiro atoms. The summed E-state index contributed by atoms with van der Waals surface area (Å²) in [5, 5.41) is 0.642. The maximum atomic E-state index is 12.3. The molecule has 0 bridgehead atoms. The summed E-state index contributed by atoms with van der Waals surface area (Å²) in [7, 11) is 0. The summed E-state index contributed by atoms with van der Waals surface area (Å²) in [6, 6.07) is 16.4. The first-order valence-corrected chi connectivity index (χ1v) is 8.05. The minimum Gasteiger partial charge on any atom is -0.361 e. The van der Waals surface area contributed by atoms with Crippen molar-refractivity contribution in [1.82, 2.24) is 9.97 Å². The number of para-hydroxylation sites is 2. The Hall–Kier alpha value is -2.62. The lowest BCUT2D eigenvalue weighted by atomic mass is 9.96. The molecule has 0 amide bonds. The van der Waals surface area contributed by atoms with Crippen LogP contribution < -0.4 is 10.5 Å². The van der Waals surface area contributed by atoms with Gasteiger partial charge in [-0.1, -0.05) is 30.3 Å². The molecule has 1 aliphatic rings. The van der Waals surface area contributed by atoms with Crippen molar-refractivity contribution in [3.8, 4) is 0 Å². The Morgan fingerprint density at radius 3 is 2.87 bits per heavy atom. The van der Waals surface area contributed by atoms with Crippen LogP contribution in [0.15, 0.2) is 53.3 Å². The van der Waals surface area contributed by atoms with E-state index in [1.165, 1.54) is 11.3 Å². The number of hydrogen-bond donors (Lipinski definition) is 1. The second kappa shape index (κ2) is 5.54. The lowest BCUT2D eigenvalue weighted by Gasteiger charge is -2.36. The molecule has 0 aliphatic carbocycles. The summed E-state index contributed by atoms with van der Waals surface area (Å²) in [5.74, 6) is 0.720. The van der Waals surface area contributed by atoms with E-state index in [1.807, 2.05) is 24.3 Å². The number of H-pyrrole nitrogens is 1. The maximum Gasteiger partial charge on any atom is 0.258 e. The Balaban J connectivity index is 1.74. The van der Waals surface area contributed by atoms with Crippen molar-refractivity contribution in [2.24, 2.45) is 0 Å². The van der Waals surface area contributed by atoms with Crippen LogP contribution >= 0.6 is 0 Å². The first-order chi connectivity index (χ1) is 11.2. The van der Waals surface area contributed by atoms with Gasteiger partial charge in [0.2, 0.25) is 0 Å². The molecule has 1 aromatic heterocycles. The second-order valence-corrected chi connectivity index (χ2v) is 6.17. The third kappa shape index (κ3) is 2.50. The molecule has 1 atom stereocenters. The molecule has 1 aliphatic heterocycles. The molecule has 116 valence electrons. The van der Waals surface area contributed by atoms with Gasteiger partial charge in [-0.3, -0.25) is 4.79 Å². The third-order valence-corrected chi connectivity index (χ3v) is 4.65. The fourth-order valence-electron chi connectivity index (χ4n) is 3.37. The zero-order valence-corrected chi connectivity index (χ0v) is 13.1. The van der Waals surface area contributed by atoms with Crippen LogP contribution in [0.4, 0.5) is 5.69 Å². The number of benzene rings is 2. The van der Waals surface area contributed by atoms with Crippen molar-refractivity contribution in [1.29, 1.82) is 0 Å². The standard InChI is InChI=1S/C19H19N3O/c1-13-10-11-14-6-2-5-9-17(14)22(13)12-18-20-16-8-4-3-7-15(16)19(23)21-18/h2-9,13H,10-12H2,1H3,(H,20,21,23)/t13-/m0/s1. The molecule has 0 fully saturated rings. The van der Waals surface area contributed by atoms with Crippen LogP contribution in [0.3, 0.4) is 0 Å². The van der Waals surface area contributed by atoms with Gasteiger partial charge in [-0.15, -0.1) is 0 Å². The maximum absolute atomic E-state index is 12.3. The summed E-state index contributed by atoms with van der Waals surface area (Å²) in [4.78, 5) is 22.2. The van der Waals surface area contributed by atoms with Crippen LogP contribution in [0.25, 0.3) is 10.9 Å². The molecule has 2 aromatic carbocycles. The molecule has 2 heterocycles. The van der Waals surface area contributed by atoms with Gasteiger partial charge >= 0.3 is 0 Å². The van der Waals surface area contributed by atoms with E-state index in [2.05, 4.69) is 46.1 Å². The molecular weight excluding hydrogens is 286 g/mol. The van der Waals surface area contributed by atoms with Crippen molar-refractivity contribution in [2.75, 3.05) is 4.90 Å². The number of nitrogens with one attached hydrogen (secondary N) is 1. The Bertz CT molecular complexity index is 916. The summed E-state index contributed by atoms with van der Waals surface area (Å²) < 4.78 is 0.